The molecule has 0 unspecified atom stereocenters. The number of fused-ring (bicyclic) bond motifs is 1. The summed E-state index contributed by atoms with van der Waals surface area (Å²) in [6, 6.07) is 17.4. The van der Waals surface area contributed by atoms with Gasteiger partial charge in [-0.05, 0) is 55.8 Å². The van der Waals surface area contributed by atoms with Gasteiger partial charge in [-0.3, -0.25) is 0 Å². The van der Waals surface area contributed by atoms with Crippen molar-refractivity contribution >= 4 is 45.8 Å². The van der Waals surface area contributed by atoms with E-state index in [9.17, 15) is 20.4 Å². The van der Waals surface area contributed by atoms with Gasteiger partial charge in [0.05, 0.1) is 34.4 Å². The van der Waals surface area contributed by atoms with Crippen molar-refractivity contribution in [2.75, 3.05) is 10.6 Å². The third-order valence-electron chi connectivity index (χ3n) is 5.21. The highest BCUT2D eigenvalue weighted by atomic mass is 35.5. The summed E-state index contributed by atoms with van der Waals surface area (Å²) in [5.41, 5.74) is 3.96. The number of aromatic nitrogens is 3. The topological polar surface area (TPSA) is 148 Å². The first-order chi connectivity index (χ1) is 16.8. The Balaban J connectivity index is 1.79. The second kappa shape index (κ2) is 9.64. The molecule has 0 saturated carbocycles. The van der Waals surface area contributed by atoms with Crippen LogP contribution in [-0.4, -0.2) is 26.0 Å². The first-order valence-electron chi connectivity index (χ1n) is 10.4. The zero-order chi connectivity index (χ0) is 25.1. The molecule has 2 heterocycles. The number of carboxylic acid groups (broad SMARTS) is 1. The van der Waals surface area contributed by atoms with Gasteiger partial charge in [-0.15, -0.1) is 0 Å². The quantitative estimate of drug-likeness (QED) is 0.309. The molecular weight excluding hydrogens is 466 g/mol. The molecule has 9 nitrogen and oxygen atoms in total. The van der Waals surface area contributed by atoms with Crippen LogP contribution in [0.5, 0.6) is 0 Å². The number of hydrogen-bond donors (Lipinski definition) is 3. The number of benzene rings is 2. The fraction of sp³-hybridized carbons (Fsp3) is 0.120. The van der Waals surface area contributed by atoms with Gasteiger partial charge < -0.3 is 15.7 Å². The number of pyridine rings is 1. The van der Waals surface area contributed by atoms with Crippen LogP contribution in [0.1, 0.15) is 45.8 Å². The number of nitrogens with one attached hydrogen (secondary N) is 2. The lowest BCUT2D eigenvalue weighted by Crippen LogP contribution is -2.13. The highest BCUT2D eigenvalue weighted by Crippen LogP contribution is 2.30. The maximum atomic E-state index is 11.7. The van der Waals surface area contributed by atoms with E-state index in [1.807, 2.05) is 26.0 Å². The molecule has 0 aliphatic rings. The minimum atomic E-state index is -1.21. The van der Waals surface area contributed by atoms with Crippen LogP contribution < -0.4 is 10.6 Å². The molecular formula is C25H18ClN7O2. The summed E-state index contributed by atoms with van der Waals surface area (Å²) >= 11 is 5.87. The standard InChI is InChI=1S/C25H18ClN7O2/c1-13-8-17(14(2)29-18-6-7-21(26)32-23(18)25(34)35)22-19(9-13)31-20(12-28)24(33-22)30-16-5-3-4-15(10-16)11-27/h3-10,14,29H,1-2H3,(H,30,33)(H,34,35)/t14-/m1/s1. The fourth-order valence-electron chi connectivity index (χ4n) is 3.66. The van der Waals surface area contributed by atoms with Crippen LogP contribution in [0.2, 0.25) is 5.15 Å². The fourth-order valence-corrected chi connectivity index (χ4v) is 3.80. The van der Waals surface area contributed by atoms with Crippen molar-refractivity contribution < 1.29 is 9.90 Å². The van der Waals surface area contributed by atoms with Crippen LogP contribution in [0.3, 0.4) is 0 Å². The molecule has 0 bridgehead atoms. The number of aryl methyl sites for hydroxylation is 1. The summed E-state index contributed by atoms with van der Waals surface area (Å²) in [6.07, 6.45) is 0. The van der Waals surface area contributed by atoms with Crippen molar-refractivity contribution in [3.63, 3.8) is 0 Å². The molecule has 0 aliphatic carbocycles. The Morgan fingerprint density at radius 3 is 2.60 bits per heavy atom. The zero-order valence-corrected chi connectivity index (χ0v) is 19.4. The van der Waals surface area contributed by atoms with E-state index in [0.717, 1.165) is 11.1 Å². The predicted molar refractivity (Wildman–Crippen MR) is 132 cm³/mol. The molecule has 4 aromatic rings. The van der Waals surface area contributed by atoms with Crippen LogP contribution in [0.25, 0.3) is 11.0 Å². The number of nitrogens with zero attached hydrogens (tertiary/aromatic N) is 5. The van der Waals surface area contributed by atoms with E-state index in [1.54, 1.807) is 30.3 Å². The molecule has 0 aliphatic heterocycles. The zero-order valence-electron chi connectivity index (χ0n) is 18.7. The van der Waals surface area contributed by atoms with E-state index in [2.05, 4.69) is 32.7 Å². The summed E-state index contributed by atoms with van der Waals surface area (Å²) in [5, 5.41) is 34.7. The maximum absolute atomic E-state index is 11.7. The van der Waals surface area contributed by atoms with Gasteiger partial charge >= 0.3 is 5.97 Å². The lowest BCUT2D eigenvalue weighted by Gasteiger charge is -2.19. The molecule has 172 valence electrons. The van der Waals surface area contributed by atoms with Crippen molar-refractivity contribution in [3.8, 4) is 12.1 Å². The Labute approximate surface area is 205 Å². The molecule has 10 heteroatoms. The third kappa shape index (κ3) is 4.96. The summed E-state index contributed by atoms with van der Waals surface area (Å²) in [6.45, 7) is 3.76. The van der Waals surface area contributed by atoms with Crippen molar-refractivity contribution in [1.29, 1.82) is 10.5 Å². The highest BCUT2D eigenvalue weighted by Gasteiger charge is 2.19. The number of rotatable bonds is 6. The van der Waals surface area contributed by atoms with E-state index < -0.39 is 12.0 Å². The molecule has 1 atom stereocenters. The van der Waals surface area contributed by atoms with Crippen LogP contribution in [0.15, 0.2) is 48.5 Å². The molecule has 2 aromatic carbocycles. The number of halogens is 1. The molecule has 2 aromatic heterocycles. The molecule has 0 radical (unpaired) electrons. The minimum Gasteiger partial charge on any atom is -0.476 e. The lowest BCUT2D eigenvalue weighted by atomic mass is 10.0. The van der Waals surface area contributed by atoms with Crippen molar-refractivity contribution in [3.05, 3.63) is 81.8 Å². The van der Waals surface area contributed by atoms with Gasteiger partial charge in [-0.2, -0.15) is 10.5 Å². The van der Waals surface area contributed by atoms with Gasteiger partial charge in [-0.1, -0.05) is 23.7 Å². The van der Waals surface area contributed by atoms with Gasteiger partial charge in [-0.25, -0.2) is 19.7 Å². The lowest BCUT2D eigenvalue weighted by molar-refractivity contribution is 0.0691. The third-order valence-corrected chi connectivity index (χ3v) is 5.42. The van der Waals surface area contributed by atoms with Gasteiger partial charge in [0.25, 0.3) is 0 Å². The van der Waals surface area contributed by atoms with E-state index in [-0.39, 0.29) is 22.4 Å². The number of aromatic carboxylic acids is 1. The van der Waals surface area contributed by atoms with Crippen molar-refractivity contribution in [2.24, 2.45) is 0 Å². The van der Waals surface area contributed by atoms with Crippen LogP contribution >= 0.6 is 11.6 Å². The van der Waals surface area contributed by atoms with Crippen LogP contribution in [0, 0.1) is 29.6 Å². The smallest absolute Gasteiger partial charge is 0.356 e. The number of anilines is 3. The number of hydrogen-bond acceptors (Lipinski definition) is 8. The largest absolute Gasteiger partial charge is 0.476 e. The van der Waals surface area contributed by atoms with Gasteiger partial charge in [0, 0.05) is 11.3 Å². The Hall–Kier alpha value is -4.73. The second-order valence-electron chi connectivity index (χ2n) is 7.77. The monoisotopic (exact) mass is 483 g/mol. The predicted octanol–water partition coefficient (Wildman–Crippen LogP) is 5.34. The molecule has 0 spiro atoms. The second-order valence-corrected chi connectivity index (χ2v) is 8.16. The molecule has 0 amide bonds. The summed E-state index contributed by atoms with van der Waals surface area (Å²) in [7, 11) is 0. The molecule has 0 fully saturated rings. The number of nitriles is 2. The van der Waals surface area contributed by atoms with E-state index in [1.165, 1.54) is 6.07 Å². The minimum absolute atomic E-state index is 0.0766. The first kappa shape index (κ1) is 23.4. The normalized spacial score (nSPS) is 11.3. The Bertz CT molecular complexity index is 1560. The number of carbonyl (C=O) groups is 1. The Morgan fingerprint density at radius 1 is 1.09 bits per heavy atom. The summed E-state index contributed by atoms with van der Waals surface area (Å²) < 4.78 is 0. The maximum Gasteiger partial charge on any atom is 0.356 e. The van der Waals surface area contributed by atoms with Crippen LogP contribution in [0.4, 0.5) is 17.2 Å². The van der Waals surface area contributed by atoms with E-state index >= 15 is 0 Å². The van der Waals surface area contributed by atoms with Gasteiger partial charge in [0.2, 0.25) is 0 Å². The van der Waals surface area contributed by atoms with Crippen molar-refractivity contribution in [2.45, 2.75) is 19.9 Å². The average Bonchev–Trinajstić information content (AvgIpc) is 2.84. The van der Waals surface area contributed by atoms with E-state index in [0.29, 0.717) is 28.0 Å². The van der Waals surface area contributed by atoms with E-state index in [4.69, 9.17) is 16.6 Å². The number of carboxylic acids is 1. The summed E-state index contributed by atoms with van der Waals surface area (Å²) in [4.78, 5) is 24.8. The highest BCUT2D eigenvalue weighted by molar-refractivity contribution is 6.29. The molecule has 4 rings (SSSR count). The van der Waals surface area contributed by atoms with Gasteiger partial charge in [0.15, 0.2) is 17.2 Å². The Kier molecular flexibility index (Phi) is 6.45. The first-order valence-corrected chi connectivity index (χ1v) is 10.8. The molecule has 3 N–H and O–H groups in total. The van der Waals surface area contributed by atoms with Crippen LogP contribution in [-0.2, 0) is 0 Å². The van der Waals surface area contributed by atoms with Crippen molar-refractivity contribution in [1.82, 2.24) is 15.0 Å². The molecule has 0 saturated heterocycles. The average molecular weight is 484 g/mol. The Morgan fingerprint density at radius 2 is 1.89 bits per heavy atom. The SMILES string of the molecule is Cc1cc([C@@H](C)Nc2ccc(Cl)nc2C(=O)O)c2nc(Nc3cccc(C#N)c3)c(C#N)nc2c1. The summed E-state index contributed by atoms with van der Waals surface area (Å²) in [5.74, 6) is -0.965. The van der Waals surface area contributed by atoms with Gasteiger partial charge in [0.1, 0.15) is 11.2 Å². The molecule has 35 heavy (non-hydrogen) atoms.